The third kappa shape index (κ3) is 3.41. The molecule has 0 aliphatic heterocycles. The molecular weight excluding hydrogens is 294 g/mol. The lowest BCUT2D eigenvalue weighted by molar-refractivity contribution is 0.0845. The largest absolute Gasteiger partial charge is 0.361 e. The van der Waals surface area contributed by atoms with Crippen LogP contribution in [0.5, 0.6) is 0 Å². The Balaban J connectivity index is 2.02. The molecule has 2 N–H and O–H groups in total. The summed E-state index contributed by atoms with van der Waals surface area (Å²) in [6.45, 7) is 3.50. The first-order chi connectivity index (χ1) is 10.0. The maximum atomic E-state index is 12.0. The molecule has 0 unspecified atom stereocenters. The molecule has 1 aromatic carbocycles. The first-order valence-corrected chi connectivity index (χ1v) is 6.72. The van der Waals surface area contributed by atoms with E-state index in [2.05, 4.69) is 16.0 Å². The standard InChI is InChI=1S/C14H14ClN3O3/c1-3-11-12(8(2)21-18-11)14(20)17-16-13(19)9-4-6-10(15)7-5-9/h4-7H,3H2,1-2H3,(H,16,19)(H,17,20). The van der Waals surface area contributed by atoms with Crippen molar-refractivity contribution in [3.8, 4) is 0 Å². The Kier molecular flexibility index (Phi) is 4.59. The number of hydrazine groups is 1. The van der Waals surface area contributed by atoms with Gasteiger partial charge in [-0.1, -0.05) is 23.7 Å². The number of nitrogens with one attached hydrogen (secondary N) is 2. The average Bonchev–Trinajstić information content (AvgIpc) is 2.86. The van der Waals surface area contributed by atoms with Gasteiger partial charge in [0.25, 0.3) is 11.8 Å². The maximum absolute atomic E-state index is 12.0. The van der Waals surface area contributed by atoms with Gasteiger partial charge in [0.15, 0.2) is 0 Å². The first-order valence-electron chi connectivity index (χ1n) is 6.34. The minimum absolute atomic E-state index is 0.342. The molecule has 0 saturated carbocycles. The van der Waals surface area contributed by atoms with E-state index in [4.69, 9.17) is 16.1 Å². The SMILES string of the molecule is CCc1noc(C)c1C(=O)NNC(=O)c1ccc(Cl)cc1. The summed E-state index contributed by atoms with van der Waals surface area (Å²) < 4.78 is 4.97. The number of aryl methyl sites for hydroxylation is 2. The van der Waals surface area contributed by atoms with Crippen LogP contribution in [-0.4, -0.2) is 17.0 Å². The normalized spacial score (nSPS) is 10.2. The third-order valence-corrected chi connectivity index (χ3v) is 3.14. The molecule has 21 heavy (non-hydrogen) atoms. The minimum Gasteiger partial charge on any atom is -0.361 e. The molecule has 0 radical (unpaired) electrons. The number of nitrogens with zero attached hydrogens (tertiary/aromatic N) is 1. The summed E-state index contributed by atoms with van der Waals surface area (Å²) in [5, 5.41) is 4.32. The molecular formula is C14H14ClN3O3. The van der Waals surface area contributed by atoms with E-state index in [0.29, 0.717) is 34.0 Å². The summed E-state index contributed by atoms with van der Waals surface area (Å²) in [5.41, 5.74) is 5.95. The summed E-state index contributed by atoms with van der Waals surface area (Å²) in [4.78, 5) is 23.9. The number of rotatable bonds is 3. The zero-order valence-electron chi connectivity index (χ0n) is 11.6. The molecule has 6 nitrogen and oxygen atoms in total. The fourth-order valence-corrected chi connectivity index (χ4v) is 1.93. The van der Waals surface area contributed by atoms with Crippen LogP contribution in [0.2, 0.25) is 5.02 Å². The van der Waals surface area contributed by atoms with Crippen molar-refractivity contribution in [3.63, 3.8) is 0 Å². The lowest BCUT2D eigenvalue weighted by atomic mass is 10.1. The molecule has 0 fully saturated rings. The number of hydrogen-bond acceptors (Lipinski definition) is 4. The van der Waals surface area contributed by atoms with Crippen LogP contribution >= 0.6 is 11.6 Å². The molecule has 0 aliphatic rings. The number of aromatic nitrogens is 1. The Morgan fingerprint density at radius 1 is 1.19 bits per heavy atom. The van der Waals surface area contributed by atoms with Crippen molar-refractivity contribution in [2.45, 2.75) is 20.3 Å². The van der Waals surface area contributed by atoms with Gasteiger partial charge in [0.05, 0.1) is 5.69 Å². The van der Waals surface area contributed by atoms with Crippen molar-refractivity contribution in [1.29, 1.82) is 0 Å². The molecule has 7 heteroatoms. The number of halogens is 1. The van der Waals surface area contributed by atoms with Gasteiger partial charge in [-0.3, -0.25) is 20.4 Å². The third-order valence-electron chi connectivity index (χ3n) is 2.89. The Morgan fingerprint density at radius 3 is 2.43 bits per heavy atom. The second-order valence-electron chi connectivity index (χ2n) is 4.33. The Bertz CT molecular complexity index is 665. The van der Waals surface area contributed by atoms with Crippen LogP contribution in [0.15, 0.2) is 28.8 Å². The highest BCUT2D eigenvalue weighted by Gasteiger charge is 2.19. The Hall–Kier alpha value is -2.34. The van der Waals surface area contributed by atoms with Crippen LogP contribution in [0, 0.1) is 6.92 Å². The predicted molar refractivity (Wildman–Crippen MR) is 77.0 cm³/mol. The summed E-state index contributed by atoms with van der Waals surface area (Å²) in [5.74, 6) is -0.495. The molecule has 2 aromatic rings. The van der Waals surface area contributed by atoms with Crippen LogP contribution in [0.4, 0.5) is 0 Å². The van der Waals surface area contributed by atoms with E-state index in [0.717, 1.165) is 0 Å². The lowest BCUT2D eigenvalue weighted by Gasteiger charge is -2.07. The van der Waals surface area contributed by atoms with Crippen molar-refractivity contribution in [3.05, 3.63) is 51.9 Å². The molecule has 0 spiro atoms. The number of carbonyl (C=O) groups excluding carboxylic acids is 2. The van der Waals surface area contributed by atoms with Gasteiger partial charge < -0.3 is 4.52 Å². The van der Waals surface area contributed by atoms with Crippen molar-refractivity contribution < 1.29 is 14.1 Å². The van der Waals surface area contributed by atoms with Gasteiger partial charge in [-0.05, 0) is 37.6 Å². The number of carbonyl (C=O) groups is 2. The smallest absolute Gasteiger partial charge is 0.275 e. The first kappa shape index (κ1) is 15.1. The lowest BCUT2D eigenvalue weighted by Crippen LogP contribution is -2.42. The highest BCUT2D eigenvalue weighted by Crippen LogP contribution is 2.13. The van der Waals surface area contributed by atoms with E-state index in [1.807, 2.05) is 6.92 Å². The second kappa shape index (κ2) is 6.41. The number of amides is 2. The zero-order valence-corrected chi connectivity index (χ0v) is 12.3. The molecule has 1 heterocycles. The van der Waals surface area contributed by atoms with Crippen LogP contribution in [-0.2, 0) is 6.42 Å². The molecule has 2 rings (SSSR count). The topological polar surface area (TPSA) is 84.2 Å². The van der Waals surface area contributed by atoms with E-state index in [9.17, 15) is 9.59 Å². The van der Waals surface area contributed by atoms with Gasteiger partial charge in [-0.15, -0.1) is 0 Å². The van der Waals surface area contributed by atoms with Crippen molar-refractivity contribution in [1.82, 2.24) is 16.0 Å². The quantitative estimate of drug-likeness (QED) is 0.852. The van der Waals surface area contributed by atoms with E-state index < -0.39 is 11.8 Å². The minimum atomic E-state index is -0.465. The number of benzene rings is 1. The van der Waals surface area contributed by atoms with Gasteiger partial charge in [-0.2, -0.15) is 0 Å². The van der Waals surface area contributed by atoms with Crippen molar-refractivity contribution in [2.24, 2.45) is 0 Å². The molecule has 0 saturated heterocycles. The van der Waals surface area contributed by atoms with E-state index in [1.165, 1.54) is 0 Å². The summed E-state index contributed by atoms with van der Waals surface area (Å²) in [6, 6.07) is 6.31. The summed E-state index contributed by atoms with van der Waals surface area (Å²) in [6.07, 6.45) is 0.561. The maximum Gasteiger partial charge on any atom is 0.275 e. The monoisotopic (exact) mass is 307 g/mol. The molecule has 0 atom stereocenters. The Labute approximate surface area is 126 Å². The average molecular weight is 308 g/mol. The van der Waals surface area contributed by atoms with Crippen LogP contribution in [0.1, 0.15) is 39.1 Å². The molecule has 0 bridgehead atoms. The Morgan fingerprint density at radius 2 is 1.81 bits per heavy atom. The van der Waals surface area contributed by atoms with Crippen LogP contribution in [0.25, 0.3) is 0 Å². The fourth-order valence-electron chi connectivity index (χ4n) is 1.80. The van der Waals surface area contributed by atoms with E-state index >= 15 is 0 Å². The van der Waals surface area contributed by atoms with E-state index in [1.54, 1.807) is 31.2 Å². The van der Waals surface area contributed by atoms with Crippen molar-refractivity contribution >= 4 is 23.4 Å². The highest BCUT2D eigenvalue weighted by atomic mass is 35.5. The fraction of sp³-hybridized carbons (Fsp3) is 0.214. The molecule has 1 aromatic heterocycles. The van der Waals surface area contributed by atoms with Gasteiger partial charge in [0.1, 0.15) is 11.3 Å². The van der Waals surface area contributed by atoms with Gasteiger partial charge in [0, 0.05) is 10.6 Å². The van der Waals surface area contributed by atoms with Gasteiger partial charge >= 0.3 is 0 Å². The summed E-state index contributed by atoms with van der Waals surface area (Å²) >= 11 is 5.74. The van der Waals surface area contributed by atoms with Crippen LogP contribution in [0.3, 0.4) is 0 Å². The molecule has 0 aliphatic carbocycles. The second-order valence-corrected chi connectivity index (χ2v) is 4.77. The highest BCUT2D eigenvalue weighted by molar-refractivity contribution is 6.30. The van der Waals surface area contributed by atoms with Crippen molar-refractivity contribution in [2.75, 3.05) is 0 Å². The molecule has 2 amide bonds. The van der Waals surface area contributed by atoms with Gasteiger partial charge in [-0.25, -0.2) is 0 Å². The summed E-state index contributed by atoms with van der Waals surface area (Å²) in [7, 11) is 0. The number of hydrogen-bond donors (Lipinski definition) is 2. The van der Waals surface area contributed by atoms with E-state index in [-0.39, 0.29) is 0 Å². The molecule has 110 valence electrons. The van der Waals surface area contributed by atoms with Gasteiger partial charge in [0.2, 0.25) is 0 Å². The predicted octanol–water partition coefficient (Wildman–Crippen LogP) is 2.27. The zero-order chi connectivity index (χ0) is 15.4. The van der Waals surface area contributed by atoms with Crippen LogP contribution < -0.4 is 10.9 Å².